The highest BCUT2D eigenvalue weighted by Crippen LogP contribution is 2.23. The van der Waals surface area contributed by atoms with Crippen LogP contribution in [0.2, 0.25) is 5.02 Å². The smallest absolute Gasteiger partial charge is 0.329 e. The number of ether oxygens (including phenoxy) is 2. The van der Waals surface area contributed by atoms with Gasteiger partial charge >= 0.3 is 5.97 Å². The van der Waals surface area contributed by atoms with Gasteiger partial charge in [0, 0.05) is 10.6 Å². The number of hydrogen-bond donors (Lipinski definition) is 2. The molecule has 0 unspecified atom stereocenters. The van der Waals surface area contributed by atoms with Crippen molar-refractivity contribution in [3.63, 3.8) is 0 Å². The molecule has 7 nitrogen and oxygen atoms in total. The van der Waals surface area contributed by atoms with E-state index >= 15 is 0 Å². The number of benzene rings is 2. The Balaban J connectivity index is 1.94. The fourth-order valence-corrected chi connectivity index (χ4v) is 3.20. The summed E-state index contributed by atoms with van der Waals surface area (Å²) in [6.07, 6.45) is 2.26. The minimum Gasteiger partial charge on any atom is -0.492 e. The van der Waals surface area contributed by atoms with Crippen LogP contribution in [0.25, 0.3) is 0 Å². The first-order chi connectivity index (χ1) is 14.9. The van der Waals surface area contributed by atoms with Gasteiger partial charge in [0.15, 0.2) is 6.61 Å². The maximum Gasteiger partial charge on any atom is 0.329 e. The van der Waals surface area contributed by atoms with Gasteiger partial charge in [-0.2, -0.15) is 11.8 Å². The Morgan fingerprint density at radius 1 is 1.10 bits per heavy atom. The van der Waals surface area contributed by atoms with Crippen LogP contribution < -0.4 is 15.4 Å². The van der Waals surface area contributed by atoms with E-state index < -0.39 is 30.4 Å². The Hall–Kier alpha value is -2.71. The number of halogens is 1. The standard InChI is InChI=1S/C22H25ClN2O5S/c1-3-29-19-7-5-4-6-17(19)24-20(26)14-30-22(28)18(12-13-31-2)25-21(27)15-8-10-16(23)11-9-15/h4-11,18H,3,12-14H2,1-2H3,(H,24,26)(H,25,27)/t18-/m1/s1. The lowest BCUT2D eigenvalue weighted by Crippen LogP contribution is -2.43. The van der Waals surface area contributed by atoms with E-state index in [-0.39, 0.29) is 0 Å². The zero-order chi connectivity index (χ0) is 22.6. The van der Waals surface area contributed by atoms with Gasteiger partial charge in [0.25, 0.3) is 11.8 Å². The number of para-hydroxylation sites is 2. The summed E-state index contributed by atoms with van der Waals surface area (Å²) in [6, 6.07) is 12.4. The highest BCUT2D eigenvalue weighted by Gasteiger charge is 2.23. The minimum atomic E-state index is -0.876. The van der Waals surface area contributed by atoms with Crippen molar-refractivity contribution in [2.45, 2.75) is 19.4 Å². The van der Waals surface area contributed by atoms with Gasteiger partial charge in [0.1, 0.15) is 11.8 Å². The molecule has 2 aromatic carbocycles. The Morgan fingerprint density at radius 3 is 2.48 bits per heavy atom. The number of carbonyl (C=O) groups excluding carboxylic acids is 3. The van der Waals surface area contributed by atoms with Crippen LogP contribution in [0.15, 0.2) is 48.5 Å². The third-order valence-electron chi connectivity index (χ3n) is 4.11. The van der Waals surface area contributed by atoms with Crippen LogP contribution >= 0.6 is 23.4 Å². The Labute approximate surface area is 190 Å². The maximum atomic E-state index is 12.5. The van der Waals surface area contributed by atoms with Crippen LogP contribution in [-0.2, 0) is 14.3 Å². The zero-order valence-electron chi connectivity index (χ0n) is 17.4. The summed E-state index contributed by atoms with van der Waals surface area (Å²) >= 11 is 7.38. The number of rotatable bonds is 11. The summed E-state index contributed by atoms with van der Waals surface area (Å²) in [7, 11) is 0. The van der Waals surface area contributed by atoms with E-state index in [1.165, 1.54) is 11.8 Å². The van der Waals surface area contributed by atoms with Crippen LogP contribution in [0.3, 0.4) is 0 Å². The molecule has 0 fully saturated rings. The van der Waals surface area contributed by atoms with Gasteiger partial charge in [0.2, 0.25) is 0 Å². The predicted octanol–water partition coefficient (Wildman–Crippen LogP) is 3.77. The molecular formula is C22H25ClN2O5S. The van der Waals surface area contributed by atoms with Crippen LogP contribution in [0, 0.1) is 0 Å². The van der Waals surface area contributed by atoms with Gasteiger partial charge in [-0.15, -0.1) is 0 Å². The van der Waals surface area contributed by atoms with Crippen molar-refractivity contribution in [3.05, 3.63) is 59.1 Å². The summed E-state index contributed by atoms with van der Waals surface area (Å²) < 4.78 is 10.6. The second kappa shape index (κ2) is 12.9. The number of anilines is 1. The highest BCUT2D eigenvalue weighted by atomic mass is 35.5. The quantitative estimate of drug-likeness (QED) is 0.491. The molecule has 2 rings (SSSR count). The predicted molar refractivity (Wildman–Crippen MR) is 123 cm³/mol. The van der Waals surface area contributed by atoms with E-state index in [0.717, 1.165) is 0 Å². The first kappa shape index (κ1) is 24.6. The van der Waals surface area contributed by atoms with Crippen molar-refractivity contribution in [2.24, 2.45) is 0 Å². The molecule has 0 aromatic heterocycles. The lowest BCUT2D eigenvalue weighted by atomic mass is 10.1. The number of hydrogen-bond acceptors (Lipinski definition) is 6. The molecule has 0 saturated heterocycles. The molecule has 31 heavy (non-hydrogen) atoms. The third kappa shape index (κ3) is 8.15. The molecule has 2 aromatic rings. The first-order valence-electron chi connectivity index (χ1n) is 9.68. The highest BCUT2D eigenvalue weighted by molar-refractivity contribution is 7.98. The molecule has 0 aliphatic heterocycles. The van der Waals surface area contributed by atoms with Gasteiger partial charge in [-0.3, -0.25) is 9.59 Å². The maximum absolute atomic E-state index is 12.5. The van der Waals surface area contributed by atoms with Crippen molar-refractivity contribution in [1.82, 2.24) is 5.32 Å². The van der Waals surface area contributed by atoms with Crippen molar-refractivity contribution in [3.8, 4) is 5.75 Å². The fraction of sp³-hybridized carbons (Fsp3) is 0.318. The molecule has 0 bridgehead atoms. The van der Waals surface area contributed by atoms with Crippen LogP contribution in [-0.4, -0.2) is 49.0 Å². The minimum absolute atomic E-state index is 0.369. The monoisotopic (exact) mass is 464 g/mol. The molecule has 0 aliphatic carbocycles. The molecule has 0 radical (unpaired) electrons. The summed E-state index contributed by atoms with van der Waals surface area (Å²) in [5.41, 5.74) is 0.858. The average Bonchev–Trinajstić information content (AvgIpc) is 2.76. The molecule has 166 valence electrons. The average molecular weight is 465 g/mol. The molecule has 0 spiro atoms. The largest absolute Gasteiger partial charge is 0.492 e. The molecule has 1 atom stereocenters. The van der Waals surface area contributed by atoms with Gasteiger partial charge in [-0.05, 0) is 61.8 Å². The second-order valence-electron chi connectivity index (χ2n) is 6.40. The topological polar surface area (TPSA) is 93.7 Å². The van der Waals surface area contributed by atoms with Crippen molar-refractivity contribution < 1.29 is 23.9 Å². The Bertz CT molecular complexity index is 892. The Kier molecular flexibility index (Phi) is 10.2. The molecule has 2 amide bonds. The van der Waals surface area contributed by atoms with Gasteiger partial charge in [-0.25, -0.2) is 4.79 Å². The fourth-order valence-electron chi connectivity index (χ4n) is 2.60. The van der Waals surface area contributed by atoms with E-state index in [0.29, 0.717) is 40.8 Å². The molecule has 0 aliphatic rings. The number of nitrogens with one attached hydrogen (secondary N) is 2. The van der Waals surface area contributed by atoms with E-state index in [2.05, 4.69) is 10.6 Å². The Morgan fingerprint density at radius 2 is 1.81 bits per heavy atom. The van der Waals surface area contributed by atoms with Gasteiger partial charge in [0.05, 0.1) is 12.3 Å². The summed E-state index contributed by atoms with van der Waals surface area (Å²) in [5.74, 6) is -0.445. The van der Waals surface area contributed by atoms with E-state index in [1.807, 2.05) is 13.2 Å². The van der Waals surface area contributed by atoms with Crippen molar-refractivity contribution in [1.29, 1.82) is 0 Å². The number of carbonyl (C=O) groups is 3. The lowest BCUT2D eigenvalue weighted by Gasteiger charge is -2.17. The molecule has 0 saturated carbocycles. The SMILES string of the molecule is CCOc1ccccc1NC(=O)COC(=O)[C@@H](CCSC)NC(=O)c1ccc(Cl)cc1. The second-order valence-corrected chi connectivity index (χ2v) is 7.82. The lowest BCUT2D eigenvalue weighted by molar-refractivity contribution is -0.149. The molecule has 0 heterocycles. The molecular weight excluding hydrogens is 440 g/mol. The van der Waals surface area contributed by atoms with Crippen LogP contribution in [0.1, 0.15) is 23.7 Å². The number of amides is 2. The van der Waals surface area contributed by atoms with E-state index in [4.69, 9.17) is 21.1 Å². The van der Waals surface area contributed by atoms with E-state index in [1.54, 1.807) is 48.5 Å². The van der Waals surface area contributed by atoms with Crippen molar-refractivity contribution in [2.75, 3.05) is 30.5 Å². The summed E-state index contributed by atoms with van der Waals surface area (Å²) in [5, 5.41) is 5.83. The van der Waals surface area contributed by atoms with Crippen molar-refractivity contribution >= 4 is 46.8 Å². The van der Waals surface area contributed by atoms with Gasteiger partial charge < -0.3 is 20.1 Å². The van der Waals surface area contributed by atoms with Crippen LogP contribution in [0.4, 0.5) is 5.69 Å². The normalized spacial score (nSPS) is 11.3. The third-order valence-corrected chi connectivity index (χ3v) is 5.01. The number of thioether (sulfide) groups is 1. The zero-order valence-corrected chi connectivity index (χ0v) is 18.9. The molecule has 2 N–H and O–H groups in total. The number of esters is 1. The summed E-state index contributed by atoms with van der Waals surface area (Å²) in [4.78, 5) is 37.2. The van der Waals surface area contributed by atoms with Crippen LogP contribution in [0.5, 0.6) is 5.75 Å². The first-order valence-corrected chi connectivity index (χ1v) is 11.5. The van der Waals surface area contributed by atoms with E-state index in [9.17, 15) is 14.4 Å². The summed E-state index contributed by atoms with van der Waals surface area (Å²) in [6.45, 7) is 1.81. The van der Waals surface area contributed by atoms with Gasteiger partial charge in [-0.1, -0.05) is 23.7 Å². The molecule has 9 heteroatoms.